The van der Waals surface area contributed by atoms with Gasteiger partial charge in [-0.25, -0.2) is 0 Å². The van der Waals surface area contributed by atoms with Gasteiger partial charge < -0.3 is 0 Å². The van der Waals surface area contributed by atoms with E-state index < -0.39 is 0 Å². The predicted octanol–water partition coefficient (Wildman–Crippen LogP) is 4.22. The van der Waals surface area contributed by atoms with Crippen LogP contribution >= 0.6 is 35.7 Å². The quantitative estimate of drug-likeness (QED) is 0.561. The fourth-order valence-electron chi connectivity index (χ4n) is 1.39. The Hall–Kier alpha value is -0.120. The summed E-state index contributed by atoms with van der Waals surface area (Å²) in [4.78, 5) is 2.46. The van der Waals surface area contributed by atoms with E-state index in [4.69, 9.17) is 0 Å². The highest BCUT2D eigenvalue weighted by atomic mass is 32.2. The molecule has 68 valence electrons. The molecule has 0 amide bonds. The average Bonchev–Trinajstić information content (AvgIpc) is 2.47. The van der Waals surface area contributed by atoms with Crippen molar-refractivity contribution in [2.24, 2.45) is 0 Å². The van der Waals surface area contributed by atoms with Crippen LogP contribution in [0.2, 0.25) is 0 Å². The summed E-state index contributed by atoms with van der Waals surface area (Å²) in [5, 5.41) is 3.55. The smallest absolute Gasteiger partial charge is 0.0487 e. The third-order valence-electron chi connectivity index (χ3n) is 1.98. The van der Waals surface area contributed by atoms with Crippen molar-refractivity contribution in [1.29, 1.82) is 0 Å². The van der Waals surface area contributed by atoms with Gasteiger partial charge in [-0.1, -0.05) is 0 Å². The summed E-state index contributed by atoms with van der Waals surface area (Å²) in [5.41, 5.74) is 1.28. The van der Waals surface area contributed by atoms with Gasteiger partial charge in [0.2, 0.25) is 0 Å². The molecule has 0 aliphatic carbocycles. The average molecular weight is 226 g/mol. The maximum atomic E-state index is 4.47. The second-order valence-corrected chi connectivity index (χ2v) is 5.17. The molecule has 13 heavy (non-hydrogen) atoms. The van der Waals surface area contributed by atoms with Crippen molar-refractivity contribution in [2.45, 2.75) is 16.7 Å². The lowest BCUT2D eigenvalue weighted by atomic mass is 10.2. The van der Waals surface area contributed by atoms with E-state index in [9.17, 15) is 0 Å². The highest BCUT2D eigenvalue weighted by Crippen LogP contribution is 2.36. The molecule has 3 heteroatoms. The Morgan fingerprint density at radius 2 is 2.15 bits per heavy atom. The van der Waals surface area contributed by atoms with E-state index in [-0.39, 0.29) is 0 Å². The molecule has 0 aliphatic rings. The summed E-state index contributed by atoms with van der Waals surface area (Å²) in [5.74, 6) is 0. The SMILES string of the molecule is CSc1csc2c(S)cc(C)cc12. The van der Waals surface area contributed by atoms with Gasteiger partial charge in [0.1, 0.15) is 0 Å². The van der Waals surface area contributed by atoms with Gasteiger partial charge in [-0.05, 0) is 30.9 Å². The molecular weight excluding hydrogens is 216 g/mol. The van der Waals surface area contributed by atoms with E-state index in [0.717, 1.165) is 4.90 Å². The van der Waals surface area contributed by atoms with Gasteiger partial charge in [0.05, 0.1) is 0 Å². The molecule has 0 bridgehead atoms. The van der Waals surface area contributed by atoms with Crippen LogP contribution in [-0.2, 0) is 0 Å². The second-order valence-electron chi connectivity index (χ2n) is 2.96. The number of fused-ring (bicyclic) bond motifs is 1. The third kappa shape index (κ3) is 1.60. The number of thioether (sulfide) groups is 1. The van der Waals surface area contributed by atoms with Crippen molar-refractivity contribution in [1.82, 2.24) is 0 Å². The zero-order chi connectivity index (χ0) is 9.42. The third-order valence-corrected chi connectivity index (χ3v) is 4.44. The van der Waals surface area contributed by atoms with Crippen LogP contribution in [-0.4, -0.2) is 6.26 Å². The molecule has 0 unspecified atom stereocenters. The number of rotatable bonds is 1. The minimum absolute atomic E-state index is 1.10. The fourth-order valence-corrected chi connectivity index (χ4v) is 3.68. The molecule has 0 atom stereocenters. The maximum Gasteiger partial charge on any atom is 0.0487 e. The van der Waals surface area contributed by atoms with Gasteiger partial charge in [-0.3, -0.25) is 0 Å². The Bertz CT molecular complexity index is 443. The first-order valence-corrected chi connectivity index (χ1v) is 6.52. The highest BCUT2D eigenvalue weighted by molar-refractivity contribution is 7.99. The topological polar surface area (TPSA) is 0 Å². The van der Waals surface area contributed by atoms with Gasteiger partial charge in [0, 0.05) is 25.3 Å². The molecule has 0 radical (unpaired) electrons. The summed E-state index contributed by atoms with van der Waals surface area (Å²) in [6.07, 6.45) is 2.11. The Labute approximate surface area is 91.8 Å². The summed E-state index contributed by atoms with van der Waals surface area (Å²) < 4.78 is 1.30. The van der Waals surface area contributed by atoms with Gasteiger partial charge >= 0.3 is 0 Å². The molecule has 0 saturated carbocycles. The van der Waals surface area contributed by atoms with Crippen molar-refractivity contribution < 1.29 is 0 Å². The minimum Gasteiger partial charge on any atom is -0.142 e. The zero-order valence-corrected chi connectivity index (χ0v) is 10.0. The largest absolute Gasteiger partial charge is 0.142 e. The molecule has 0 saturated heterocycles. The van der Waals surface area contributed by atoms with Crippen LogP contribution in [0.5, 0.6) is 0 Å². The Kier molecular flexibility index (Phi) is 2.58. The molecule has 1 aromatic carbocycles. The number of benzene rings is 1. The molecule has 1 aromatic heterocycles. The highest BCUT2D eigenvalue weighted by Gasteiger charge is 2.05. The number of hydrogen-bond donors (Lipinski definition) is 1. The number of hydrogen-bond acceptors (Lipinski definition) is 3. The summed E-state index contributed by atoms with van der Waals surface area (Å²) >= 11 is 8.05. The summed E-state index contributed by atoms with van der Waals surface area (Å²) in [6.45, 7) is 2.11. The predicted molar refractivity (Wildman–Crippen MR) is 65.6 cm³/mol. The van der Waals surface area contributed by atoms with E-state index in [2.05, 4.69) is 43.3 Å². The van der Waals surface area contributed by atoms with Gasteiger partial charge in [-0.15, -0.1) is 35.7 Å². The summed E-state index contributed by atoms with van der Waals surface area (Å²) in [7, 11) is 0. The maximum absolute atomic E-state index is 4.47. The number of thiol groups is 1. The van der Waals surface area contributed by atoms with Crippen LogP contribution in [0.1, 0.15) is 5.56 Å². The van der Waals surface area contributed by atoms with Crippen LogP contribution in [0.3, 0.4) is 0 Å². The first kappa shape index (κ1) is 9.44. The Morgan fingerprint density at radius 1 is 1.38 bits per heavy atom. The van der Waals surface area contributed by atoms with E-state index in [1.807, 2.05) is 0 Å². The van der Waals surface area contributed by atoms with Gasteiger partial charge in [-0.2, -0.15) is 0 Å². The van der Waals surface area contributed by atoms with Crippen molar-refractivity contribution in [3.8, 4) is 0 Å². The first-order chi connectivity index (χ1) is 6.22. The lowest BCUT2D eigenvalue weighted by Gasteiger charge is -1.99. The van der Waals surface area contributed by atoms with Crippen LogP contribution in [0.25, 0.3) is 10.1 Å². The molecule has 1 heterocycles. The molecule has 2 rings (SSSR count). The molecule has 2 aromatic rings. The van der Waals surface area contributed by atoms with E-state index in [0.29, 0.717) is 0 Å². The van der Waals surface area contributed by atoms with Crippen LogP contribution in [0.15, 0.2) is 27.3 Å². The normalized spacial score (nSPS) is 11.0. The van der Waals surface area contributed by atoms with Crippen molar-refractivity contribution >= 4 is 45.8 Å². The minimum atomic E-state index is 1.10. The zero-order valence-electron chi connectivity index (χ0n) is 7.50. The Balaban J connectivity index is 2.82. The molecule has 0 N–H and O–H groups in total. The monoisotopic (exact) mass is 226 g/mol. The van der Waals surface area contributed by atoms with Crippen molar-refractivity contribution in [3.63, 3.8) is 0 Å². The van der Waals surface area contributed by atoms with Gasteiger partial charge in [0.15, 0.2) is 0 Å². The molecule has 0 aliphatic heterocycles. The van der Waals surface area contributed by atoms with E-state index in [1.165, 1.54) is 20.5 Å². The first-order valence-electron chi connectivity index (χ1n) is 3.97. The van der Waals surface area contributed by atoms with Gasteiger partial charge in [0.25, 0.3) is 0 Å². The van der Waals surface area contributed by atoms with E-state index in [1.54, 1.807) is 23.1 Å². The molecular formula is C10H10S3. The van der Waals surface area contributed by atoms with Crippen LogP contribution < -0.4 is 0 Å². The lowest BCUT2D eigenvalue weighted by Crippen LogP contribution is -1.74. The second kappa shape index (κ2) is 3.56. The standard InChI is InChI=1S/C10H10S3/c1-6-3-7-9(12-2)5-13-10(7)8(11)4-6/h3-5,11H,1-2H3. The lowest BCUT2D eigenvalue weighted by molar-refractivity contribution is 1.43. The van der Waals surface area contributed by atoms with Crippen molar-refractivity contribution in [3.05, 3.63) is 23.1 Å². The van der Waals surface area contributed by atoms with Crippen LogP contribution in [0, 0.1) is 6.92 Å². The van der Waals surface area contributed by atoms with E-state index >= 15 is 0 Å². The summed E-state index contributed by atoms with van der Waals surface area (Å²) in [6, 6.07) is 4.35. The Morgan fingerprint density at radius 3 is 2.85 bits per heavy atom. The number of aryl methyl sites for hydroxylation is 1. The molecule has 0 nitrogen and oxygen atoms in total. The molecule has 0 spiro atoms. The number of thiophene rings is 1. The fraction of sp³-hybridized carbons (Fsp3) is 0.200. The molecule has 0 fully saturated rings. The van der Waals surface area contributed by atoms with Crippen LogP contribution in [0.4, 0.5) is 0 Å². The van der Waals surface area contributed by atoms with Crippen molar-refractivity contribution in [2.75, 3.05) is 6.26 Å².